The van der Waals surface area contributed by atoms with Crippen LogP contribution in [0.3, 0.4) is 0 Å². The summed E-state index contributed by atoms with van der Waals surface area (Å²) < 4.78 is 25.8. The summed E-state index contributed by atoms with van der Waals surface area (Å²) >= 11 is 7.58. The number of carboxylic acid groups (broad SMARTS) is 1. The maximum atomic E-state index is 14.9. The Labute approximate surface area is 224 Å². The van der Waals surface area contributed by atoms with Gasteiger partial charge in [-0.3, -0.25) is 9.88 Å². The molecule has 0 fully saturated rings. The standard InChI is InChI=1S/C25H20ClFN6O4S/c1-12(33(25(34)35)16-8-28-13(2)29-9-16)11-37-22-19(27)7-20-24(32-22)38-23(31-20)18-6-15(26)4-14-5-17(36-3)10-30-21(14)18/h4-10,12H,11H2,1-3H3,(H,34,35)/t12-/m1/s1. The number of aryl methyl sites for hydroxylation is 1. The average molecular weight is 555 g/mol. The molecule has 1 atom stereocenters. The number of benzene rings is 1. The van der Waals surface area contributed by atoms with E-state index < -0.39 is 18.0 Å². The Morgan fingerprint density at radius 3 is 2.63 bits per heavy atom. The van der Waals surface area contributed by atoms with E-state index in [9.17, 15) is 14.3 Å². The molecule has 38 heavy (non-hydrogen) atoms. The smallest absolute Gasteiger partial charge is 0.412 e. The number of halogens is 2. The van der Waals surface area contributed by atoms with E-state index in [0.29, 0.717) is 43.0 Å². The minimum absolute atomic E-state index is 0.161. The maximum absolute atomic E-state index is 14.9. The Bertz CT molecular complexity index is 1670. The molecule has 1 amide bonds. The molecule has 13 heteroatoms. The van der Waals surface area contributed by atoms with Crippen LogP contribution in [0.4, 0.5) is 14.9 Å². The van der Waals surface area contributed by atoms with Crippen molar-refractivity contribution in [3.05, 3.63) is 59.5 Å². The molecular formula is C25H20ClFN6O4S. The van der Waals surface area contributed by atoms with Crippen molar-refractivity contribution < 1.29 is 23.8 Å². The van der Waals surface area contributed by atoms with Crippen molar-refractivity contribution in [2.24, 2.45) is 0 Å². The first kappa shape index (κ1) is 25.5. The molecule has 194 valence electrons. The second kappa shape index (κ2) is 10.3. The van der Waals surface area contributed by atoms with Crippen LogP contribution in [0, 0.1) is 12.7 Å². The van der Waals surface area contributed by atoms with E-state index in [2.05, 4.69) is 24.9 Å². The molecule has 5 rings (SSSR count). The average Bonchev–Trinajstić information content (AvgIpc) is 3.30. The van der Waals surface area contributed by atoms with E-state index in [1.165, 1.54) is 29.8 Å². The van der Waals surface area contributed by atoms with E-state index >= 15 is 0 Å². The number of ether oxygens (including phenoxy) is 2. The van der Waals surface area contributed by atoms with Gasteiger partial charge in [0.2, 0.25) is 0 Å². The van der Waals surface area contributed by atoms with Gasteiger partial charge in [0.25, 0.3) is 5.88 Å². The zero-order valence-electron chi connectivity index (χ0n) is 20.3. The molecule has 0 aliphatic heterocycles. The molecule has 10 nitrogen and oxygen atoms in total. The van der Waals surface area contributed by atoms with Crippen LogP contribution < -0.4 is 14.4 Å². The van der Waals surface area contributed by atoms with E-state index in [0.717, 1.165) is 10.3 Å². The van der Waals surface area contributed by atoms with Crippen molar-refractivity contribution in [1.29, 1.82) is 0 Å². The number of fused-ring (bicyclic) bond motifs is 2. The monoisotopic (exact) mass is 554 g/mol. The van der Waals surface area contributed by atoms with Crippen LogP contribution in [-0.4, -0.2) is 55.9 Å². The van der Waals surface area contributed by atoms with E-state index in [1.807, 2.05) is 6.07 Å². The van der Waals surface area contributed by atoms with Crippen molar-refractivity contribution in [2.75, 3.05) is 18.6 Å². The number of methoxy groups -OCH3 is 1. The highest BCUT2D eigenvalue weighted by Crippen LogP contribution is 2.37. The zero-order valence-corrected chi connectivity index (χ0v) is 21.9. The summed E-state index contributed by atoms with van der Waals surface area (Å²) in [5.41, 5.74) is 1.95. The van der Waals surface area contributed by atoms with Crippen LogP contribution in [0.5, 0.6) is 11.6 Å². The van der Waals surface area contributed by atoms with Gasteiger partial charge in [0.05, 0.1) is 42.9 Å². The number of thiazole rings is 1. The molecule has 1 aromatic carbocycles. The van der Waals surface area contributed by atoms with Crippen LogP contribution in [-0.2, 0) is 0 Å². The third kappa shape index (κ3) is 5.00. The Kier molecular flexibility index (Phi) is 6.91. The van der Waals surface area contributed by atoms with Crippen molar-refractivity contribution in [1.82, 2.24) is 24.9 Å². The SMILES string of the molecule is COc1cnc2c(-c3nc4cc(F)c(OC[C@@H](C)N(C(=O)O)c5cnc(C)nc5)nc4s3)cc(Cl)cc2c1. The summed E-state index contributed by atoms with van der Waals surface area (Å²) in [6, 6.07) is 5.88. The number of amides is 1. The van der Waals surface area contributed by atoms with Crippen molar-refractivity contribution in [3.8, 4) is 22.2 Å². The molecule has 4 heterocycles. The van der Waals surface area contributed by atoms with Crippen LogP contribution >= 0.6 is 22.9 Å². The second-order valence-electron chi connectivity index (χ2n) is 8.32. The maximum Gasteiger partial charge on any atom is 0.412 e. The number of rotatable bonds is 7. The molecule has 0 saturated heterocycles. The van der Waals surface area contributed by atoms with E-state index in [-0.39, 0.29) is 18.2 Å². The van der Waals surface area contributed by atoms with Gasteiger partial charge in [-0.15, -0.1) is 0 Å². The minimum Gasteiger partial charge on any atom is -0.495 e. The van der Waals surface area contributed by atoms with Gasteiger partial charge >= 0.3 is 6.09 Å². The van der Waals surface area contributed by atoms with Gasteiger partial charge < -0.3 is 14.6 Å². The predicted molar refractivity (Wildman–Crippen MR) is 142 cm³/mol. The normalized spacial score (nSPS) is 12.0. The van der Waals surface area contributed by atoms with Crippen LogP contribution in [0.1, 0.15) is 12.7 Å². The number of anilines is 1. The highest BCUT2D eigenvalue weighted by Gasteiger charge is 2.24. The van der Waals surface area contributed by atoms with Crippen LogP contribution in [0.25, 0.3) is 31.8 Å². The third-order valence-electron chi connectivity index (χ3n) is 5.65. The Hall–Kier alpha value is -4.16. The zero-order chi connectivity index (χ0) is 27.0. The Balaban J connectivity index is 1.43. The third-order valence-corrected chi connectivity index (χ3v) is 6.86. The van der Waals surface area contributed by atoms with Crippen LogP contribution in [0.2, 0.25) is 5.02 Å². The fourth-order valence-electron chi connectivity index (χ4n) is 3.85. The van der Waals surface area contributed by atoms with Crippen molar-refractivity contribution in [3.63, 3.8) is 0 Å². The topological polar surface area (TPSA) is 123 Å². The lowest BCUT2D eigenvalue weighted by atomic mass is 10.1. The highest BCUT2D eigenvalue weighted by molar-refractivity contribution is 7.21. The summed E-state index contributed by atoms with van der Waals surface area (Å²) in [5.74, 6) is 0.115. The van der Waals surface area contributed by atoms with E-state index in [4.69, 9.17) is 21.1 Å². The molecule has 4 aromatic heterocycles. The lowest BCUT2D eigenvalue weighted by molar-refractivity contribution is 0.193. The molecule has 0 aliphatic carbocycles. The van der Waals surface area contributed by atoms with Gasteiger partial charge in [0.1, 0.15) is 33.5 Å². The van der Waals surface area contributed by atoms with Gasteiger partial charge in [-0.25, -0.2) is 24.1 Å². The van der Waals surface area contributed by atoms with E-state index in [1.54, 1.807) is 39.3 Å². The molecule has 0 spiro atoms. The largest absolute Gasteiger partial charge is 0.495 e. The van der Waals surface area contributed by atoms with Crippen LogP contribution in [0.15, 0.2) is 42.9 Å². The van der Waals surface area contributed by atoms with Crippen molar-refractivity contribution >= 4 is 56.0 Å². The lowest BCUT2D eigenvalue weighted by Gasteiger charge is -2.25. The number of carbonyl (C=O) groups is 1. The molecule has 5 aromatic rings. The summed E-state index contributed by atoms with van der Waals surface area (Å²) in [7, 11) is 1.55. The quantitative estimate of drug-likeness (QED) is 0.267. The minimum atomic E-state index is -1.22. The summed E-state index contributed by atoms with van der Waals surface area (Å²) in [5, 5.41) is 11.5. The number of aromatic nitrogens is 5. The number of nitrogens with zero attached hydrogens (tertiary/aromatic N) is 6. The first-order valence-electron chi connectivity index (χ1n) is 11.3. The first-order valence-corrected chi connectivity index (χ1v) is 12.5. The summed E-state index contributed by atoms with van der Waals surface area (Å²) in [4.78, 5) is 34.8. The van der Waals surface area contributed by atoms with Gasteiger partial charge in [-0.05, 0) is 32.0 Å². The fraction of sp³-hybridized carbons (Fsp3) is 0.200. The molecule has 0 radical (unpaired) electrons. The molecule has 0 unspecified atom stereocenters. The Morgan fingerprint density at radius 2 is 1.92 bits per heavy atom. The van der Waals surface area contributed by atoms with Gasteiger partial charge in [0.15, 0.2) is 5.82 Å². The molecule has 1 N–H and O–H groups in total. The van der Waals surface area contributed by atoms with Gasteiger partial charge in [-0.1, -0.05) is 22.9 Å². The summed E-state index contributed by atoms with van der Waals surface area (Å²) in [6.07, 6.45) is 3.19. The molecule has 0 aliphatic rings. The molecular weight excluding hydrogens is 535 g/mol. The number of hydrogen-bond acceptors (Lipinski definition) is 9. The van der Waals surface area contributed by atoms with Gasteiger partial charge in [-0.2, -0.15) is 4.98 Å². The molecule has 0 bridgehead atoms. The molecule has 0 saturated carbocycles. The number of hydrogen-bond donors (Lipinski definition) is 1. The second-order valence-corrected chi connectivity index (χ2v) is 9.73. The fourth-order valence-corrected chi connectivity index (χ4v) is 5.00. The van der Waals surface area contributed by atoms with Crippen molar-refractivity contribution in [2.45, 2.75) is 19.9 Å². The predicted octanol–water partition coefficient (Wildman–Crippen LogP) is 5.76. The first-order chi connectivity index (χ1) is 18.2. The Morgan fingerprint density at radius 1 is 1.16 bits per heavy atom. The lowest BCUT2D eigenvalue weighted by Crippen LogP contribution is -2.41. The van der Waals surface area contributed by atoms with Gasteiger partial charge in [0, 0.05) is 22.0 Å². The summed E-state index contributed by atoms with van der Waals surface area (Å²) in [6.45, 7) is 3.16. The highest BCUT2D eigenvalue weighted by atomic mass is 35.5. The number of pyridine rings is 2.